The molecule has 1 unspecified atom stereocenters. The average Bonchev–Trinajstić information content (AvgIpc) is 2.74. The summed E-state index contributed by atoms with van der Waals surface area (Å²) in [5, 5.41) is 2.97. The predicted octanol–water partition coefficient (Wildman–Crippen LogP) is 1.47. The van der Waals surface area contributed by atoms with Gasteiger partial charge in [-0.2, -0.15) is 0 Å². The van der Waals surface area contributed by atoms with Crippen molar-refractivity contribution in [3.63, 3.8) is 0 Å². The summed E-state index contributed by atoms with van der Waals surface area (Å²) in [7, 11) is 1.64. The molecule has 3 heterocycles. The third-order valence-electron chi connectivity index (χ3n) is 5.97. The van der Waals surface area contributed by atoms with Gasteiger partial charge in [0.1, 0.15) is 0 Å². The topological polar surface area (TPSA) is 74.8 Å². The first-order valence-electron chi connectivity index (χ1n) is 10.3. The van der Waals surface area contributed by atoms with Gasteiger partial charge in [0.2, 0.25) is 5.91 Å². The van der Waals surface area contributed by atoms with E-state index in [2.05, 4.69) is 15.2 Å². The van der Waals surface area contributed by atoms with Gasteiger partial charge in [-0.25, -0.2) is 0 Å². The molecule has 7 nitrogen and oxygen atoms in total. The van der Waals surface area contributed by atoms with Crippen molar-refractivity contribution in [2.24, 2.45) is 5.92 Å². The number of hydrogen-bond acceptors (Lipinski definition) is 5. The van der Waals surface area contributed by atoms with Crippen LogP contribution in [0.25, 0.3) is 0 Å². The molecule has 154 valence electrons. The zero-order valence-electron chi connectivity index (χ0n) is 17.0. The summed E-state index contributed by atoms with van der Waals surface area (Å²) in [6.45, 7) is 6.46. The summed E-state index contributed by atoms with van der Waals surface area (Å²) in [6.07, 6.45) is 7.31. The lowest BCUT2D eigenvalue weighted by molar-refractivity contribution is -0.127. The number of methoxy groups -OCH3 is 1. The van der Waals surface area contributed by atoms with E-state index in [4.69, 9.17) is 4.74 Å². The number of rotatable bonds is 6. The van der Waals surface area contributed by atoms with Crippen LogP contribution >= 0.6 is 0 Å². The highest BCUT2D eigenvalue weighted by Gasteiger charge is 2.32. The van der Waals surface area contributed by atoms with E-state index in [1.807, 2.05) is 17.9 Å². The highest BCUT2D eigenvalue weighted by Crippen LogP contribution is 2.25. The van der Waals surface area contributed by atoms with E-state index in [1.165, 1.54) is 0 Å². The Morgan fingerprint density at radius 2 is 2.04 bits per heavy atom. The number of nitrogens with one attached hydrogen (secondary N) is 1. The molecule has 0 saturated carbocycles. The molecule has 0 spiro atoms. The summed E-state index contributed by atoms with van der Waals surface area (Å²) >= 11 is 0. The number of pyridine rings is 1. The molecular formula is C21H32N4O3. The number of carbonyl (C=O) groups excluding carboxylic acids is 2. The minimum atomic E-state index is 0.0586. The quantitative estimate of drug-likeness (QED) is 0.747. The fourth-order valence-corrected chi connectivity index (χ4v) is 4.27. The van der Waals surface area contributed by atoms with E-state index in [0.29, 0.717) is 24.8 Å². The molecule has 2 fully saturated rings. The van der Waals surface area contributed by atoms with Crippen LogP contribution in [0, 0.1) is 12.8 Å². The lowest BCUT2D eigenvalue weighted by Crippen LogP contribution is -2.51. The first-order chi connectivity index (χ1) is 13.6. The number of ether oxygens (including phenoxy) is 1. The lowest BCUT2D eigenvalue weighted by atomic mass is 9.93. The third kappa shape index (κ3) is 5.08. The molecule has 1 aromatic heterocycles. The van der Waals surface area contributed by atoms with Gasteiger partial charge in [-0.3, -0.25) is 19.5 Å². The first-order valence-corrected chi connectivity index (χ1v) is 10.3. The van der Waals surface area contributed by atoms with Crippen LogP contribution in [0.1, 0.15) is 41.6 Å². The number of amides is 2. The lowest BCUT2D eigenvalue weighted by Gasteiger charge is -2.42. The Balaban J connectivity index is 1.49. The standard InChI is InChI=1S/C21H32N4O3/c1-16-5-8-22-14-19(16)21(27)24-11-6-18(7-12-24)25-10-3-4-17(15-25)20(26)23-9-13-28-2/h5,8,14,17-18H,3-4,6-7,9-13,15H2,1-2H3,(H,23,26). The van der Waals surface area contributed by atoms with Crippen molar-refractivity contribution in [1.82, 2.24) is 20.1 Å². The van der Waals surface area contributed by atoms with Crippen molar-refractivity contribution in [3.8, 4) is 0 Å². The van der Waals surface area contributed by atoms with Gasteiger partial charge in [0.05, 0.1) is 18.1 Å². The molecule has 28 heavy (non-hydrogen) atoms. The van der Waals surface area contributed by atoms with Crippen LogP contribution in [0.4, 0.5) is 0 Å². The van der Waals surface area contributed by atoms with Gasteiger partial charge in [0, 0.05) is 51.7 Å². The Morgan fingerprint density at radius 3 is 2.75 bits per heavy atom. The molecule has 0 radical (unpaired) electrons. The molecule has 0 bridgehead atoms. The average molecular weight is 389 g/mol. The molecular weight excluding hydrogens is 356 g/mol. The summed E-state index contributed by atoms with van der Waals surface area (Å²) in [4.78, 5) is 33.7. The van der Waals surface area contributed by atoms with E-state index in [-0.39, 0.29) is 17.7 Å². The Labute approximate surface area is 167 Å². The van der Waals surface area contributed by atoms with Crippen LogP contribution in [0.2, 0.25) is 0 Å². The molecule has 1 aromatic rings. The number of piperidine rings is 2. The smallest absolute Gasteiger partial charge is 0.255 e. The summed E-state index contributed by atoms with van der Waals surface area (Å²) in [5.41, 5.74) is 1.67. The van der Waals surface area contributed by atoms with E-state index >= 15 is 0 Å². The van der Waals surface area contributed by atoms with Gasteiger partial charge in [0.25, 0.3) is 5.91 Å². The maximum Gasteiger partial charge on any atom is 0.255 e. The first kappa shape index (κ1) is 20.7. The van der Waals surface area contributed by atoms with Crippen LogP contribution in [-0.4, -0.2) is 79.1 Å². The normalized spacial score (nSPS) is 21.5. The van der Waals surface area contributed by atoms with Crippen LogP contribution < -0.4 is 5.32 Å². The Bertz CT molecular complexity index is 673. The second-order valence-corrected chi connectivity index (χ2v) is 7.83. The van der Waals surface area contributed by atoms with Crippen LogP contribution in [0.5, 0.6) is 0 Å². The second-order valence-electron chi connectivity index (χ2n) is 7.83. The molecule has 1 atom stereocenters. The highest BCUT2D eigenvalue weighted by molar-refractivity contribution is 5.95. The number of carbonyl (C=O) groups is 2. The van der Waals surface area contributed by atoms with E-state index in [0.717, 1.165) is 57.4 Å². The van der Waals surface area contributed by atoms with Crippen LogP contribution in [0.3, 0.4) is 0 Å². The minimum absolute atomic E-state index is 0.0586. The van der Waals surface area contributed by atoms with Gasteiger partial charge < -0.3 is 15.0 Å². The molecule has 3 rings (SSSR count). The van der Waals surface area contributed by atoms with Crippen molar-refractivity contribution < 1.29 is 14.3 Å². The monoisotopic (exact) mass is 388 g/mol. The predicted molar refractivity (Wildman–Crippen MR) is 107 cm³/mol. The summed E-state index contributed by atoms with van der Waals surface area (Å²) in [6, 6.07) is 2.33. The molecule has 2 aliphatic rings. The van der Waals surface area contributed by atoms with E-state index in [9.17, 15) is 9.59 Å². The molecule has 2 aliphatic heterocycles. The number of aryl methyl sites for hydroxylation is 1. The number of hydrogen-bond donors (Lipinski definition) is 1. The minimum Gasteiger partial charge on any atom is -0.383 e. The summed E-state index contributed by atoms with van der Waals surface area (Å²) < 4.78 is 5.00. The highest BCUT2D eigenvalue weighted by atomic mass is 16.5. The van der Waals surface area contributed by atoms with Crippen molar-refractivity contribution in [2.75, 3.05) is 46.4 Å². The Hall–Kier alpha value is -1.99. The van der Waals surface area contributed by atoms with E-state index in [1.54, 1.807) is 19.5 Å². The van der Waals surface area contributed by atoms with Gasteiger partial charge in [0.15, 0.2) is 0 Å². The fourth-order valence-electron chi connectivity index (χ4n) is 4.27. The van der Waals surface area contributed by atoms with Crippen LogP contribution in [-0.2, 0) is 9.53 Å². The largest absolute Gasteiger partial charge is 0.383 e. The zero-order valence-corrected chi connectivity index (χ0v) is 17.0. The van der Waals surface area contributed by atoms with Gasteiger partial charge >= 0.3 is 0 Å². The van der Waals surface area contributed by atoms with E-state index < -0.39 is 0 Å². The number of likely N-dealkylation sites (tertiary alicyclic amines) is 2. The second kappa shape index (κ2) is 9.98. The number of nitrogens with zero attached hydrogens (tertiary/aromatic N) is 3. The third-order valence-corrected chi connectivity index (χ3v) is 5.97. The van der Waals surface area contributed by atoms with Crippen molar-refractivity contribution in [1.29, 1.82) is 0 Å². The maximum absolute atomic E-state index is 12.8. The van der Waals surface area contributed by atoms with Crippen molar-refractivity contribution in [2.45, 2.75) is 38.6 Å². The summed E-state index contributed by atoms with van der Waals surface area (Å²) in [5.74, 6) is 0.280. The Morgan fingerprint density at radius 1 is 1.25 bits per heavy atom. The molecule has 2 saturated heterocycles. The fraction of sp³-hybridized carbons (Fsp3) is 0.667. The molecule has 7 heteroatoms. The van der Waals surface area contributed by atoms with Gasteiger partial charge in [-0.1, -0.05) is 0 Å². The molecule has 0 aromatic carbocycles. The van der Waals surface area contributed by atoms with Gasteiger partial charge in [-0.05, 0) is 50.8 Å². The zero-order chi connectivity index (χ0) is 19.9. The number of aromatic nitrogens is 1. The van der Waals surface area contributed by atoms with Gasteiger partial charge in [-0.15, -0.1) is 0 Å². The SMILES string of the molecule is COCCNC(=O)C1CCCN(C2CCN(C(=O)c3cnccc3C)CC2)C1. The maximum atomic E-state index is 12.8. The van der Waals surface area contributed by atoms with Crippen molar-refractivity contribution in [3.05, 3.63) is 29.6 Å². The Kier molecular flexibility index (Phi) is 7.39. The van der Waals surface area contributed by atoms with Crippen LogP contribution in [0.15, 0.2) is 18.5 Å². The van der Waals surface area contributed by atoms with Crippen molar-refractivity contribution >= 4 is 11.8 Å². The molecule has 2 amide bonds. The molecule has 0 aliphatic carbocycles. The molecule has 1 N–H and O–H groups in total.